The molecule has 1 N–H and O–H groups in total. The van der Waals surface area contributed by atoms with Gasteiger partial charge in [-0.25, -0.2) is 9.18 Å². The predicted molar refractivity (Wildman–Crippen MR) is 107 cm³/mol. The van der Waals surface area contributed by atoms with E-state index >= 15 is 0 Å². The zero-order chi connectivity index (χ0) is 20.1. The highest BCUT2D eigenvalue weighted by Crippen LogP contribution is 2.32. The number of aromatic nitrogens is 3. The van der Waals surface area contributed by atoms with Crippen LogP contribution in [0.3, 0.4) is 0 Å². The highest BCUT2D eigenvalue weighted by molar-refractivity contribution is 7.09. The summed E-state index contributed by atoms with van der Waals surface area (Å²) in [5.74, 6) is -0.523. The molecular formula is C19H18FN5O3S. The summed E-state index contributed by atoms with van der Waals surface area (Å²) in [6.07, 6.45) is 1.62. The molecule has 5 rings (SSSR count). The molecule has 10 heteroatoms. The Hall–Kier alpha value is -3.01. The van der Waals surface area contributed by atoms with Crippen molar-refractivity contribution in [3.05, 3.63) is 55.8 Å². The molecule has 150 valence electrons. The molecule has 2 fully saturated rings. The highest BCUT2D eigenvalue weighted by Gasteiger charge is 2.31. The first-order valence-corrected chi connectivity index (χ1v) is 10.2. The van der Waals surface area contributed by atoms with E-state index in [9.17, 15) is 18.8 Å². The van der Waals surface area contributed by atoms with Gasteiger partial charge in [0, 0.05) is 37.9 Å². The number of aromatic amines is 1. The van der Waals surface area contributed by atoms with Crippen LogP contribution < -0.4 is 16.1 Å². The standard InChI is InChI=1S/C19H18FN5O3S/c20-11-1-3-12(4-2-11)23-7-9-24(10-8-23)18(27)16-14-15(22-29-16)17(26)25(13-5-6-13)19(28)21-14/h1-4,13H,5-10H2,(H,21,28). The molecule has 1 aliphatic carbocycles. The number of fused-ring (bicyclic) bond motifs is 1. The minimum Gasteiger partial charge on any atom is -0.368 e. The average Bonchev–Trinajstić information content (AvgIpc) is 3.47. The molecule has 0 bridgehead atoms. The van der Waals surface area contributed by atoms with E-state index in [0.717, 1.165) is 30.1 Å². The number of halogens is 1. The summed E-state index contributed by atoms with van der Waals surface area (Å²) < 4.78 is 18.5. The Labute approximate surface area is 168 Å². The van der Waals surface area contributed by atoms with Gasteiger partial charge in [-0.1, -0.05) is 0 Å². The summed E-state index contributed by atoms with van der Waals surface area (Å²) >= 11 is 0.947. The zero-order valence-electron chi connectivity index (χ0n) is 15.4. The van der Waals surface area contributed by atoms with Crippen molar-refractivity contribution in [1.29, 1.82) is 0 Å². The lowest BCUT2D eigenvalue weighted by molar-refractivity contribution is 0.0753. The lowest BCUT2D eigenvalue weighted by Gasteiger charge is -2.35. The number of H-pyrrole nitrogens is 1. The zero-order valence-corrected chi connectivity index (χ0v) is 16.2. The van der Waals surface area contributed by atoms with Crippen LogP contribution in [-0.2, 0) is 0 Å². The maximum absolute atomic E-state index is 13.1. The van der Waals surface area contributed by atoms with Gasteiger partial charge in [0.2, 0.25) is 0 Å². The van der Waals surface area contributed by atoms with Crippen LogP contribution in [0.25, 0.3) is 11.0 Å². The van der Waals surface area contributed by atoms with Crippen LogP contribution in [0.4, 0.5) is 10.1 Å². The Kier molecular flexibility index (Phi) is 4.23. The fourth-order valence-electron chi connectivity index (χ4n) is 3.70. The molecule has 1 amide bonds. The fourth-order valence-corrected chi connectivity index (χ4v) is 4.50. The van der Waals surface area contributed by atoms with Crippen LogP contribution in [0.2, 0.25) is 0 Å². The van der Waals surface area contributed by atoms with Crippen molar-refractivity contribution in [2.75, 3.05) is 31.1 Å². The van der Waals surface area contributed by atoms with E-state index in [1.807, 2.05) is 0 Å². The molecule has 3 heterocycles. The van der Waals surface area contributed by atoms with E-state index in [4.69, 9.17) is 0 Å². The Balaban J connectivity index is 1.37. The number of carbonyl (C=O) groups excluding carboxylic acids is 1. The third-order valence-electron chi connectivity index (χ3n) is 5.43. The Bertz CT molecular complexity index is 1200. The summed E-state index contributed by atoms with van der Waals surface area (Å²) in [4.78, 5) is 44.7. The largest absolute Gasteiger partial charge is 0.368 e. The second-order valence-electron chi connectivity index (χ2n) is 7.33. The molecular weight excluding hydrogens is 397 g/mol. The normalized spacial score (nSPS) is 17.1. The van der Waals surface area contributed by atoms with Crippen molar-refractivity contribution in [3.8, 4) is 0 Å². The number of nitrogens with one attached hydrogen (secondary N) is 1. The average molecular weight is 415 g/mol. The summed E-state index contributed by atoms with van der Waals surface area (Å²) in [6.45, 7) is 2.19. The second kappa shape index (κ2) is 6.80. The maximum Gasteiger partial charge on any atom is 0.329 e. The molecule has 0 radical (unpaired) electrons. The van der Waals surface area contributed by atoms with E-state index in [2.05, 4.69) is 14.3 Å². The van der Waals surface area contributed by atoms with Gasteiger partial charge in [0.1, 0.15) is 10.7 Å². The first-order valence-electron chi connectivity index (χ1n) is 9.47. The first kappa shape index (κ1) is 18.0. The van der Waals surface area contributed by atoms with E-state index in [0.29, 0.717) is 26.2 Å². The van der Waals surface area contributed by atoms with Crippen LogP contribution in [0.15, 0.2) is 33.9 Å². The molecule has 29 heavy (non-hydrogen) atoms. The van der Waals surface area contributed by atoms with Crippen LogP contribution in [-0.4, -0.2) is 50.9 Å². The number of carbonyl (C=O) groups is 1. The Morgan fingerprint density at radius 2 is 1.79 bits per heavy atom. The molecule has 1 aromatic carbocycles. The van der Waals surface area contributed by atoms with Crippen molar-refractivity contribution in [2.24, 2.45) is 0 Å². The number of hydrogen-bond acceptors (Lipinski definition) is 6. The number of anilines is 1. The van der Waals surface area contributed by atoms with Crippen LogP contribution in [0.1, 0.15) is 28.6 Å². The molecule has 8 nitrogen and oxygen atoms in total. The van der Waals surface area contributed by atoms with Crippen LogP contribution >= 0.6 is 11.5 Å². The van der Waals surface area contributed by atoms with Crippen molar-refractivity contribution in [1.82, 2.24) is 18.8 Å². The van der Waals surface area contributed by atoms with Crippen molar-refractivity contribution in [2.45, 2.75) is 18.9 Å². The second-order valence-corrected chi connectivity index (χ2v) is 8.10. The van der Waals surface area contributed by atoms with Gasteiger partial charge in [0.05, 0.1) is 5.52 Å². The van der Waals surface area contributed by atoms with E-state index < -0.39 is 11.2 Å². The monoisotopic (exact) mass is 415 g/mol. The number of amides is 1. The molecule has 3 aromatic rings. The Morgan fingerprint density at radius 1 is 1.10 bits per heavy atom. The molecule has 0 atom stereocenters. The van der Waals surface area contributed by atoms with Gasteiger partial charge in [-0.15, -0.1) is 0 Å². The maximum atomic E-state index is 13.1. The number of rotatable bonds is 3. The van der Waals surface area contributed by atoms with Gasteiger partial charge in [-0.05, 0) is 48.6 Å². The number of nitrogens with zero attached hydrogens (tertiary/aromatic N) is 4. The summed E-state index contributed by atoms with van der Waals surface area (Å²) in [6, 6.07) is 6.22. The van der Waals surface area contributed by atoms with Crippen molar-refractivity contribution < 1.29 is 9.18 Å². The van der Waals surface area contributed by atoms with E-state index in [1.165, 1.54) is 16.7 Å². The molecule has 1 aliphatic heterocycles. The third kappa shape index (κ3) is 3.13. The van der Waals surface area contributed by atoms with Gasteiger partial charge < -0.3 is 14.8 Å². The van der Waals surface area contributed by atoms with Gasteiger partial charge in [0.25, 0.3) is 11.5 Å². The predicted octanol–water partition coefficient (Wildman–Crippen LogP) is 1.58. The Morgan fingerprint density at radius 3 is 2.45 bits per heavy atom. The van der Waals surface area contributed by atoms with E-state index in [1.54, 1.807) is 17.0 Å². The number of benzene rings is 1. The minimum absolute atomic E-state index is 0.0592. The number of hydrogen-bond donors (Lipinski definition) is 1. The lowest BCUT2D eigenvalue weighted by Crippen LogP contribution is -2.48. The lowest BCUT2D eigenvalue weighted by atomic mass is 10.2. The quantitative estimate of drug-likeness (QED) is 0.701. The van der Waals surface area contributed by atoms with Gasteiger partial charge in [-0.2, -0.15) is 4.37 Å². The number of piperazine rings is 1. The SMILES string of the molecule is O=C(c1snc2c(=O)n(C3CC3)c(=O)[nH]c12)N1CCN(c2ccc(F)cc2)CC1. The smallest absolute Gasteiger partial charge is 0.329 e. The van der Waals surface area contributed by atoms with E-state index in [-0.39, 0.29) is 33.7 Å². The van der Waals surface area contributed by atoms with Crippen LogP contribution in [0.5, 0.6) is 0 Å². The summed E-state index contributed by atoms with van der Waals surface area (Å²) in [7, 11) is 0. The summed E-state index contributed by atoms with van der Waals surface area (Å²) in [5, 5.41) is 0. The van der Waals surface area contributed by atoms with Crippen LogP contribution in [0, 0.1) is 5.82 Å². The van der Waals surface area contributed by atoms with Crippen molar-refractivity contribution >= 4 is 34.2 Å². The fraction of sp³-hybridized carbons (Fsp3) is 0.368. The first-order chi connectivity index (χ1) is 14.0. The molecule has 2 aliphatic rings. The van der Waals surface area contributed by atoms with Crippen molar-refractivity contribution in [3.63, 3.8) is 0 Å². The van der Waals surface area contributed by atoms with Gasteiger partial charge >= 0.3 is 5.69 Å². The van der Waals surface area contributed by atoms with Gasteiger partial charge in [-0.3, -0.25) is 14.2 Å². The van der Waals surface area contributed by atoms with Gasteiger partial charge in [0.15, 0.2) is 5.52 Å². The summed E-state index contributed by atoms with van der Waals surface area (Å²) in [5.41, 5.74) is 0.373. The molecule has 0 spiro atoms. The molecule has 1 saturated heterocycles. The molecule has 2 aromatic heterocycles. The molecule has 0 unspecified atom stereocenters. The third-order valence-corrected chi connectivity index (χ3v) is 6.26. The highest BCUT2D eigenvalue weighted by atomic mass is 32.1. The molecule has 1 saturated carbocycles. The topological polar surface area (TPSA) is 91.3 Å². The minimum atomic E-state index is -0.486.